The summed E-state index contributed by atoms with van der Waals surface area (Å²) in [5, 5.41) is 3.07. The number of benzene rings is 2. The van der Waals surface area contributed by atoms with E-state index in [2.05, 4.69) is 14.6 Å². The molecule has 2 atom stereocenters. The first-order chi connectivity index (χ1) is 15.3. The average molecular weight is 457 g/mol. The number of methoxy groups -OCH3 is 1. The molecule has 2 aliphatic heterocycles. The second-order valence-electron chi connectivity index (χ2n) is 8.24. The Hall–Kier alpha value is -2.91. The van der Waals surface area contributed by atoms with E-state index in [-0.39, 0.29) is 16.8 Å². The van der Waals surface area contributed by atoms with E-state index in [0.29, 0.717) is 30.9 Å². The van der Waals surface area contributed by atoms with Gasteiger partial charge in [0, 0.05) is 18.7 Å². The number of hydrogen-bond donors (Lipinski definition) is 1. The van der Waals surface area contributed by atoms with Gasteiger partial charge in [0.25, 0.3) is 10.0 Å². The highest BCUT2D eigenvalue weighted by molar-refractivity contribution is 7.90. The van der Waals surface area contributed by atoms with Crippen molar-refractivity contribution in [3.05, 3.63) is 59.7 Å². The fourth-order valence-corrected chi connectivity index (χ4v) is 5.55. The van der Waals surface area contributed by atoms with Gasteiger partial charge in [-0.25, -0.2) is 0 Å². The lowest BCUT2D eigenvalue weighted by molar-refractivity contribution is -0.124. The number of hydrogen-bond acceptors (Lipinski definition) is 6. The molecule has 4 rings (SSSR count). The van der Waals surface area contributed by atoms with Crippen LogP contribution in [-0.4, -0.2) is 70.3 Å². The number of sulfonamides is 1. The molecule has 2 aromatic rings. The maximum Gasteiger partial charge on any atom is 0.285 e. The van der Waals surface area contributed by atoms with Gasteiger partial charge in [0.1, 0.15) is 16.7 Å². The molecule has 0 bridgehead atoms. The molecule has 0 spiro atoms. The molecular formula is C23H28N4O4S. The SMILES string of the molecule is COc1ccc([C@H](CNC(=O)[C@H]2CCCN2C2=NS(=O)(=O)c3ccccc32)N(C)C)cc1. The molecule has 0 aromatic heterocycles. The topological polar surface area (TPSA) is 91.3 Å². The number of amides is 1. The number of carbonyl (C=O) groups is 1. The molecule has 0 aliphatic carbocycles. The Bertz CT molecular complexity index is 1130. The third kappa shape index (κ3) is 4.22. The summed E-state index contributed by atoms with van der Waals surface area (Å²) in [5.74, 6) is 1.04. The van der Waals surface area contributed by atoms with E-state index in [1.165, 1.54) is 0 Å². The van der Waals surface area contributed by atoms with Gasteiger partial charge >= 0.3 is 0 Å². The lowest BCUT2D eigenvalue weighted by Crippen LogP contribution is -2.47. The van der Waals surface area contributed by atoms with Gasteiger partial charge in [-0.1, -0.05) is 24.3 Å². The van der Waals surface area contributed by atoms with E-state index >= 15 is 0 Å². The van der Waals surface area contributed by atoms with Crippen molar-refractivity contribution in [2.45, 2.75) is 29.8 Å². The minimum atomic E-state index is -3.72. The van der Waals surface area contributed by atoms with Crippen LogP contribution in [0.5, 0.6) is 5.75 Å². The highest BCUT2D eigenvalue weighted by Gasteiger charge is 2.39. The van der Waals surface area contributed by atoms with Gasteiger partial charge in [-0.15, -0.1) is 4.40 Å². The zero-order valence-electron chi connectivity index (χ0n) is 18.5. The predicted octanol–water partition coefficient (Wildman–Crippen LogP) is 2.03. The maximum atomic E-state index is 13.1. The van der Waals surface area contributed by atoms with E-state index in [1.807, 2.05) is 43.3 Å². The zero-order valence-corrected chi connectivity index (χ0v) is 19.3. The van der Waals surface area contributed by atoms with Gasteiger partial charge in [0.15, 0.2) is 5.84 Å². The molecule has 2 aliphatic rings. The molecule has 9 heteroatoms. The Labute approximate surface area is 188 Å². The quantitative estimate of drug-likeness (QED) is 0.715. The van der Waals surface area contributed by atoms with Gasteiger partial charge in [0.2, 0.25) is 5.91 Å². The predicted molar refractivity (Wildman–Crippen MR) is 122 cm³/mol. The van der Waals surface area contributed by atoms with E-state index in [1.54, 1.807) is 31.4 Å². The second-order valence-corrected chi connectivity index (χ2v) is 9.81. The number of nitrogens with zero attached hydrogens (tertiary/aromatic N) is 3. The molecule has 1 fully saturated rings. The van der Waals surface area contributed by atoms with E-state index in [0.717, 1.165) is 17.7 Å². The Morgan fingerprint density at radius 2 is 1.94 bits per heavy atom. The summed E-state index contributed by atoms with van der Waals surface area (Å²) in [6.07, 6.45) is 1.46. The molecule has 2 aromatic carbocycles. The van der Waals surface area contributed by atoms with Gasteiger partial charge in [-0.3, -0.25) is 4.79 Å². The van der Waals surface area contributed by atoms with Crippen LogP contribution in [-0.2, 0) is 14.8 Å². The van der Waals surface area contributed by atoms with Crippen LogP contribution < -0.4 is 10.1 Å². The lowest BCUT2D eigenvalue weighted by Gasteiger charge is -2.28. The summed E-state index contributed by atoms with van der Waals surface area (Å²) in [6.45, 7) is 1.03. The summed E-state index contributed by atoms with van der Waals surface area (Å²) >= 11 is 0. The summed E-state index contributed by atoms with van der Waals surface area (Å²) in [7, 11) is 1.85. The number of nitrogens with one attached hydrogen (secondary N) is 1. The Kier molecular flexibility index (Phi) is 6.21. The van der Waals surface area contributed by atoms with Gasteiger partial charge in [0.05, 0.1) is 13.2 Å². The second kappa shape index (κ2) is 8.91. The van der Waals surface area contributed by atoms with Crippen LogP contribution in [0.3, 0.4) is 0 Å². The fourth-order valence-electron chi connectivity index (χ4n) is 4.33. The van der Waals surface area contributed by atoms with Crippen molar-refractivity contribution in [2.75, 3.05) is 34.3 Å². The van der Waals surface area contributed by atoms with Crippen LogP contribution in [0.1, 0.15) is 30.0 Å². The average Bonchev–Trinajstić information content (AvgIpc) is 3.37. The molecular weight excluding hydrogens is 428 g/mol. The van der Waals surface area contributed by atoms with Crippen molar-refractivity contribution in [2.24, 2.45) is 4.40 Å². The van der Waals surface area contributed by atoms with Crippen molar-refractivity contribution in [3.8, 4) is 5.75 Å². The largest absolute Gasteiger partial charge is 0.497 e. The Morgan fingerprint density at radius 3 is 2.62 bits per heavy atom. The van der Waals surface area contributed by atoms with Crippen LogP contribution in [0.25, 0.3) is 0 Å². The lowest BCUT2D eigenvalue weighted by atomic mass is 10.1. The van der Waals surface area contributed by atoms with Crippen LogP contribution >= 0.6 is 0 Å². The standard InChI is InChI=1S/C23H28N4O4S/c1-26(2)20(16-10-12-17(31-3)13-11-16)15-24-23(28)19-8-6-14-27(19)22-18-7-4-5-9-21(18)32(29,30)25-22/h4-5,7,9-13,19-20H,6,8,14-15H2,1-3H3,(H,24,28)/t19-,20+/m1/s1. The van der Waals surface area contributed by atoms with Crippen molar-refractivity contribution < 1.29 is 17.9 Å². The Morgan fingerprint density at radius 1 is 1.22 bits per heavy atom. The molecule has 2 heterocycles. The molecule has 1 amide bonds. The van der Waals surface area contributed by atoms with Crippen LogP contribution in [0.15, 0.2) is 57.8 Å². The Balaban J connectivity index is 1.49. The van der Waals surface area contributed by atoms with Crippen molar-refractivity contribution in [1.29, 1.82) is 0 Å². The number of rotatable bonds is 6. The summed E-state index contributed by atoms with van der Waals surface area (Å²) in [6, 6.07) is 14.1. The molecule has 1 saturated heterocycles. The minimum Gasteiger partial charge on any atom is -0.497 e. The van der Waals surface area contributed by atoms with Gasteiger partial charge in [-0.05, 0) is 56.8 Å². The number of fused-ring (bicyclic) bond motifs is 1. The smallest absolute Gasteiger partial charge is 0.285 e. The molecule has 0 unspecified atom stereocenters. The number of amidine groups is 1. The number of carbonyl (C=O) groups excluding carboxylic acids is 1. The molecule has 170 valence electrons. The normalized spacial score (nSPS) is 20.1. The molecule has 0 radical (unpaired) electrons. The van der Waals surface area contributed by atoms with Gasteiger partial charge < -0.3 is 19.9 Å². The van der Waals surface area contributed by atoms with Crippen molar-refractivity contribution in [3.63, 3.8) is 0 Å². The number of likely N-dealkylation sites (N-methyl/N-ethyl adjacent to an activating group) is 1. The zero-order chi connectivity index (χ0) is 22.9. The van der Waals surface area contributed by atoms with Crippen LogP contribution in [0, 0.1) is 0 Å². The van der Waals surface area contributed by atoms with E-state index in [9.17, 15) is 13.2 Å². The highest BCUT2D eigenvalue weighted by Crippen LogP contribution is 2.31. The minimum absolute atomic E-state index is 0.00960. The third-order valence-electron chi connectivity index (χ3n) is 6.03. The van der Waals surface area contributed by atoms with Crippen LogP contribution in [0.2, 0.25) is 0 Å². The van der Waals surface area contributed by atoms with E-state index < -0.39 is 16.1 Å². The van der Waals surface area contributed by atoms with E-state index in [4.69, 9.17) is 4.74 Å². The van der Waals surface area contributed by atoms with Crippen molar-refractivity contribution >= 4 is 21.8 Å². The molecule has 8 nitrogen and oxygen atoms in total. The monoisotopic (exact) mass is 456 g/mol. The first kappa shape index (κ1) is 22.3. The first-order valence-corrected chi connectivity index (χ1v) is 12.0. The first-order valence-electron chi connectivity index (χ1n) is 10.6. The van der Waals surface area contributed by atoms with Crippen LogP contribution in [0.4, 0.5) is 0 Å². The number of ether oxygens (including phenoxy) is 1. The van der Waals surface area contributed by atoms with Crippen molar-refractivity contribution in [1.82, 2.24) is 15.1 Å². The molecule has 32 heavy (non-hydrogen) atoms. The summed E-state index contributed by atoms with van der Waals surface area (Å²) < 4.78 is 34.2. The fraction of sp³-hybridized carbons (Fsp3) is 0.391. The summed E-state index contributed by atoms with van der Waals surface area (Å²) in [5.41, 5.74) is 1.64. The van der Waals surface area contributed by atoms with Gasteiger partial charge in [-0.2, -0.15) is 8.42 Å². The number of likely N-dealkylation sites (tertiary alicyclic amines) is 1. The molecule has 0 saturated carbocycles. The highest BCUT2D eigenvalue weighted by atomic mass is 32.2. The molecule has 1 N–H and O–H groups in total. The maximum absolute atomic E-state index is 13.1. The third-order valence-corrected chi connectivity index (χ3v) is 7.36. The summed E-state index contributed by atoms with van der Waals surface area (Å²) in [4.78, 5) is 17.2.